The van der Waals surface area contributed by atoms with Crippen molar-refractivity contribution in [3.05, 3.63) is 29.8 Å². The van der Waals surface area contributed by atoms with Crippen LogP contribution in [0.5, 0.6) is 0 Å². The Morgan fingerprint density at radius 3 is 2.38 bits per heavy atom. The van der Waals surface area contributed by atoms with Crippen molar-refractivity contribution in [3.63, 3.8) is 0 Å². The summed E-state index contributed by atoms with van der Waals surface area (Å²) in [6.07, 6.45) is 3.91. The summed E-state index contributed by atoms with van der Waals surface area (Å²) in [6.45, 7) is 5.35. The van der Waals surface area contributed by atoms with Gasteiger partial charge in [0.15, 0.2) is 0 Å². The minimum atomic E-state index is 0.121. The Hall–Kier alpha value is -1.49. The van der Waals surface area contributed by atoms with Gasteiger partial charge in [-0.05, 0) is 44.2 Å². The van der Waals surface area contributed by atoms with Crippen LogP contribution in [0.2, 0.25) is 0 Å². The zero-order chi connectivity index (χ0) is 16.9. The van der Waals surface area contributed by atoms with Crippen LogP contribution in [0.1, 0.15) is 31.2 Å². The molecular formula is C19H26N2O2S. The van der Waals surface area contributed by atoms with E-state index in [-0.39, 0.29) is 11.8 Å². The second-order valence-electron chi connectivity index (χ2n) is 6.74. The molecule has 0 saturated carbocycles. The Labute approximate surface area is 148 Å². The second kappa shape index (κ2) is 8.06. The molecule has 130 valence electrons. The summed E-state index contributed by atoms with van der Waals surface area (Å²) in [5.74, 6) is 1.11. The lowest BCUT2D eigenvalue weighted by atomic mass is 9.95. The van der Waals surface area contributed by atoms with Gasteiger partial charge in [0.1, 0.15) is 0 Å². The number of aryl methyl sites for hydroxylation is 1. The quantitative estimate of drug-likeness (QED) is 0.787. The second-order valence-corrected chi connectivity index (χ2v) is 7.76. The van der Waals surface area contributed by atoms with Crippen molar-refractivity contribution >= 4 is 23.6 Å². The number of nitrogens with zero attached hydrogens (tertiary/aromatic N) is 2. The number of hydrogen-bond acceptors (Lipinski definition) is 3. The summed E-state index contributed by atoms with van der Waals surface area (Å²) >= 11 is 1.61. The van der Waals surface area contributed by atoms with E-state index in [1.165, 1.54) is 10.5 Å². The number of rotatable bonds is 4. The minimum absolute atomic E-state index is 0.121. The van der Waals surface area contributed by atoms with Gasteiger partial charge in [0.05, 0.1) is 5.75 Å². The molecule has 0 atom stereocenters. The van der Waals surface area contributed by atoms with E-state index >= 15 is 0 Å². The van der Waals surface area contributed by atoms with Crippen molar-refractivity contribution in [2.45, 2.75) is 37.5 Å². The number of benzene rings is 1. The van der Waals surface area contributed by atoms with Crippen LogP contribution in [0.4, 0.5) is 0 Å². The SMILES string of the molecule is Cc1ccccc1SCC(=O)N1CCC(C(=O)N2CCCC2)CC1. The molecule has 1 aromatic carbocycles. The number of carbonyl (C=O) groups excluding carboxylic acids is 2. The fourth-order valence-corrected chi connectivity index (χ4v) is 4.45. The number of likely N-dealkylation sites (tertiary alicyclic amines) is 2. The molecule has 5 heteroatoms. The molecule has 2 amide bonds. The molecule has 2 aliphatic rings. The van der Waals surface area contributed by atoms with Gasteiger partial charge in [-0.15, -0.1) is 11.8 Å². The van der Waals surface area contributed by atoms with Gasteiger partial charge in [-0.2, -0.15) is 0 Å². The maximum Gasteiger partial charge on any atom is 0.232 e. The normalized spacial score (nSPS) is 18.9. The maximum absolute atomic E-state index is 12.4. The van der Waals surface area contributed by atoms with Crippen LogP contribution in [-0.2, 0) is 9.59 Å². The average Bonchev–Trinajstić information content (AvgIpc) is 3.15. The Balaban J connectivity index is 1.45. The van der Waals surface area contributed by atoms with E-state index in [0.29, 0.717) is 11.7 Å². The third-order valence-corrected chi connectivity index (χ3v) is 6.22. The van der Waals surface area contributed by atoms with Crippen LogP contribution in [0.15, 0.2) is 29.2 Å². The highest BCUT2D eigenvalue weighted by Gasteiger charge is 2.31. The monoisotopic (exact) mass is 346 g/mol. The van der Waals surface area contributed by atoms with Gasteiger partial charge >= 0.3 is 0 Å². The number of amides is 2. The highest BCUT2D eigenvalue weighted by molar-refractivity contribution is 8.00. The highest BCUT2D eigenvalue weighted by atomic mass is 32.2. The van der Waals surface area contributed by atoms with Gasteiger partial charge in [0.25, 0.3) is 0 Å². The van der Waals surface area contributed by atoms with Crippen molar-refractivity contribution in [3.8, 4) is 0 Å². The molecule has 4 nitrogen and oxygen atoms in total. The van der Waals surface area contributed by atoms with Crippen LogP contribution in [0, 0.1) is 12.8 Å². The Morgan fingerprint density at radius 2 is 1.71 bits per heavy atom. The maximum atomic E-state index is 12.4. The minimum Gasteiger partial charge on any atom is -0.342 e. The predicted molar refractivity (Wildman–Crippen MR) is 97.0 cm³/mol. The average molecular weight is 346 g/mol. The Kier molecular flexibility index (Phi) is 5.82. The molecule has 0 aliphatic carbocycles. The summed E-state index contributed by atoms with van der Waals surface area (Å²) in [4.78, 5) is 30.0. The highest BCUT2D eigenvalue weighted by Crippen LogP contribution is 2.25. The van der Waals surface area contributed by atoms with Crippen LogP contribution in [0.25, 0.3) is 0 Å². The van der Waals surface area contributed by atoms with E-state index in [2.05, 4.69) is 19.1 Å². The summed E-state index contributed by atoms with van der Waals surface area (Å²) in [5.41, 5.74) is 1.21. The number of thioether (sulfide) groups is 1. The van der Waals surface area contributed by atoms with E-state index in [4.69, 9.17) is 0 Å². The molecule has 0 unspecified atom stereocenters. The molecule has 2 fully saturated rings. The van der Waals surface area contributed by atoms with Gasteiger partial charge in [0.2, 0.25) is 11.8 Å². The molecule has 0 bridgehead atoms. The first kappa shape index (κ1) is 17.3. The summed E-state index contributed by atoms with van der Waals surface area (Å²) < 4.78 is 0. The van der Waals surface area contributed by atoms with Gasteiger partial charge in [0, 0.05) is 37.0 Å². The van der Waals surface area contributed by atoms with Crippen LogP contribution >= 0.6 is 11.8 Å². The molecule has 1 aromatic rings. The van der Waals surface area contributed by atoms with Crippen molar-refractivity contribution in [2.75, 3.05) is 31.9 Å². The Bertz CT molecular complexity index is 591. The fourth-order valence-electron chi connectivity index (χ4n) is 3.52. The third-order valence-electron chi connectivity index (χ3n) is 5.06. The summed E-state index contributed by atoms with van der Waals surface area (Å²) in [5, 5.41) is 0. The van der Waals surface area contributed by atoms with Crippen LogP contribution in [0.3, 0.4) is 0 Å². The van der Waals surface area contributed by atoms with Gasteiger partial charge in [-0.3, -0.25) is 9.59 Å². The molecule has 24 heavy (non-hydrogen) atoms. The zero-order valence-electron chi connectivity index (χ0n) is 14.4. The van der Waals surface area contributed by atoms with Gasteiger partial charge < -0.3 is 9.80 Å². The lowest BCUT2D eigenvalue weighted by Crippen LogP contribution is -2.44. The first-order valence-electron chi connectivity index (χ1n) is 8.90. The smallest absolute Gasteiger partial charge is 0.232 e. The molecule has 2 heterocycles. The van der Waals surface area contributed by atoms with E-state index in [1.807, 2.05) is 21.9 Å². The molecular weight excluding hydrogens is 320 g/mol. The lowest BCUT2D eigenvalue weighted by molar-refractivity contribution is -0.139. The van der Waals surface area contributed by atoms with Crippen LogP contribution < -0.4 is 0 Å². The predicted octanol–water partition coefficient (Wildman–Crippen LogP) is 2.95. The lowest BCUT2D eigenvalue weighted by Gasteiger charge is -2.33. The van der Waals surface area contributed by atoms with Crippen molar-refractivity contribution in [1.82, 2.24) is 9.80 Å². The van der Waals surface area contributed by atoms with E-state index in [9.17, 15) is 9.59 Å². The Morgan fingerprint density at radius 1 is 1.04 bits per heavy atom. The molecule has 0 aromatic heterocycles. The first-order valence-corrected chi connectivity index (χ1v) is 9.88. The largest absolute Gasteiger partial charge is 0.342 e. The number of piperidine rings is 1. The summed E-state index contributed by atoms with van der Waals surface area (Å²) in [6, 6.07) is 8.16. The molecule has 2 aliphatic heterocycles. The molecule has 0 N–H and O–H groups in total. The van der Waals surface area contributed by atoms with Gasteiger partial charge in [-0.25, -0.2) is 0 Å². The first-order chi connectivity index (χ1) is 11.6. The zero-order valence-corrected chi connectivity index (χ0v) is 15.2. The molecule has 0 spiro atoms. The van der Waals surface area contributed by atoms with Crippen molar-refractivity contribution in [1.29, 1.82) is 0 Å². The van der Waals surface area contributed by atoms with Gasteiger partial charge in [-0.1, -0.05) is 18.2 Å². The number of carbonyl (C=O) groups is 2. The van der Waals surface area contributed by atoms with E-state index < -0.39 is 0 Å². The summed E-state index contributed by atoms with van der Waals surface area (Å²) in [7, 11) is 0. The van der Waals surface area contributed by atoms with Crippen molar-refractivity contribution < 1.29 is 9.59 Å². The molecule has 0 radical (unpaired) electrons. The van der Waals surface area contributed by atoms with E-state index in [1.54, 1.807) is 11.8 Å². The molecule has 3 rings (SSSR count). The van der Waals surface area contributed by atoms with Crippen molar-refractivity contribution in [2.24, 2.45) is 5.92 Å². The van der Waals surface area contributed by atoms with Crippen LogP contribution in [-0.4, -0.2) is 53.5 Å². The fraction of sp³-hybridized carbons (Fsp3) is 0.579. The number of hydrogen-bond donors (Lipinski definition) is 0. The van der Waals surface area contributed by atoms with E-state index in [0.717, 1.165) is 51.9 Å². The third kappa shape index (κ3) is 4.12. The topological polar surface area (TPSA) is 40.6 Å². The molecule has 2 saturated heterocycles. The standard InChI is InChI=1S/C19H26N2O2S/c1-15-6-2-3-7-17(15)24-14-18(22)20-12-8-16(9-13-20)19(23)21-10-4-5-11-21/h2-3,6-7,16H,4-5,8-14H2,1H3.